The van der Waals surface area contributed by atoms with Gasteiger partial charge in [0.05, 0.1) is 6.42 Å². The fourth-order valence-electron chi connectivity index (χ4n) is 2.21. The van der Waals surface area contributed by atoms with Gasteiger partial charge in [-0.15, -0.1) is 0 Å². The molecular weight excluding hydrogens is 330 g/mol. The molecule has 0 aromatic heterocycles. The number of carbonyl (C=O) groups excluding carboxylic acids is 3. The Morgan fingerprint density at radius 2 is 1.58 bits per heavy atom. The molecule has 0 spiro atoms. The van der Waals surface area contributed by atoms with Crippen LogP contribution in [0.25, 0.3) is 0 Å². The van der Waals surface area contributed by atoms with Crippen molar-refractivity contribution in [2.75, 3.05) is 19.0 Å². The van der Waals surface area contributed by atoms with Gasteiger partial charge in [-0.05, 0) is 11.8 Å². The third-order valence-corrected chi connectivity index (χ3v) is 4.89. The Hall–Kier alpha value is -1.24. The first-order valence-corrected chi connectivity index (χ1v) is 9.06. The average Bonchev–Trinajstić information content (AvgIpc) is 2.39. The van der Waals surface area contributed by atoms with Crippen LogP contribution >= 0.6 is 11.8 Å². The highest BCUT2D eigenvalue weighted by atomic mass is 32.2. The maximum absolute atomic E-state index is 11.7. The zero-order valence-corrected chi connectivity index (χ0v) is 16.5. The molecule has 24 heavy (non-hydrogen) atoms. The molecule has 1 unspecified atom stereocenters. The molecule has 0 heterocycles. The van der Waals surface area contributed by atoms with Crippen LogP contribution in [0.15, 0.2) is 0 Å². The van der Waals surface area contributed by atoms with Crippen molar-refractivity contribution >= 4 is 29.6 Å². The Kier molecular flexibility index (Phi) is 9.40. The molecule has 140 valence electrons. The lowest BCUT2D eigenvalue weighted by molar-refractivity contribution is -0.150. The minimum atomic E-state index is -0.397. The van der Waals surface area contributed by atoms with Crippen LogP contribution in [-0.4, -0.2) is 41.6 Å². The summed E-state index contributed by atoms with van der Waals surface area (Å²) >= 11 is 1.62. The van der Waals surface area contributed by atoms with Gasteiger partial charge in [0.15, 0.2) is 0 Å². The number of hydrogen-bond donors (Lipinski definition) is 1. The van der Waals surface area contributed by atoms with Crippen LogP contribution in [-0.2, 0) is 23.9 Å². The van der Waals surface area contributed by atoms with Crippen LogP contribution in [0.4, 0.5) is 0 Å². The Bertz CT molecular complexity index is 443. The van der Waals surface area contributed by atoms with Crippen molar-refractivity contribution in [3.8, 4) is 0 Å². The predicted molar refractivity (Wildman–Crippen MR) is 95.5 cm³/mol. The summed E-state index contributed by atoms with van der Waals surface area (Å²) in [5, 5.41) is 0. The summed E-state index contributed by atoms with van der Waals surface area (Å²) in [4.78, 5) is 33.9. The van der Waals surface area contributed by atoms with Crippen molar-refractivity contribution in [3.05, 3.63) is 0 Å². The molecule has 0 rings (SSSR count). The number of rotatable bonds is 10. The molecule has 2 N–H and O–H groups in total. The minimum Gasteiger partial charge on any atom is -0.462 e. The van der Waals surface area contributed by atoms with E-state index in [4.69, 9.17) is 10.5 Å². The van der Waals surface area contributed by atoms with Gasteiger partial charge in [0, 0.05) is 23.3 Å². The molecule has 0 aliphatic carbocycles. The molecule has 0 radical (unpaired) electrons. The van der Waals surface area contributed by atoms with Gasteiger partial charge in [0.2, 0.25) is 5.91 Å². The van der Waals surface area contributed by atoms with Crippen LogP contribution in [0, 0.1) is 11.3 Å². The van der Waals surface area contributed by atoms with Gasteiger partial charge in [-0.3, -0.25) is 14.4 Å². The smallest absolute Gasteiger partial charge is 0.306 e. The van der Waals surface area contributed by atoms with E-state index in [9.17, 15) is 14.4 Å². The monoisotopic (exact) mass is 361 g/mol. The van der Waals surface area contributed by atoms with Crippen molar-refractivity contribution in [1.29, 1.82) is 0 Å². The highest BCUT2D eigenvalue weighted by Gasteiger charge is 2.35. The van der Waals surface area contributed by atoms with Gasteiger partial charge in [-0.25, -0.2) is 0 Å². The van der Waals surface area contributed by atoms with Crippen LogP contribution < -0.4 is 5.73 Å². The first kappa shape index (κ1) is 22.8. The molecule has 0 saturated heterocycles. The van der Waals surface area contributed by atoms with E-state index in [1.807, 2.05) is 34.6 Å². The number of ether oxygens (including phenoxy) is 2. The Morgan fingerprint density at radius 1 is 1.04 bits per heavy atom. The third kappa shape index (κ3) is 10.5. The van der Waals surface area contributed by atoms with Crippen molar-refractivity contribution in [3.63, 3.8) is 0 Å². The van der Waals surface area contributed by atoms with Gasteiger partial charge in [-0.1, -0.05) is 34.6 Å². The average molecular weight is 362 g/mol. The molecule has 1 amide bonds. The predicted octanol–water partition coefficient (Wildman–Crippen LogP) is 2.53. The van der Waals surface area contributed by atoms with Gasteiger partial charge in [-0.2, -0.15) is 11.8 Å². The maximum Gasteiger partial charge on any atom is 0.306 e. The molecule has 0 aliphatic rings. The largest absolute Gasteiger partial charge is 0.462 e. The van der Waals surface area contributed by atoms with E-state index in [0.717, 1.165) is 0 Å². The fourth-order valence-corrected chi connectivity index (χ4v) is 3.31. The van der Waals surface area contributed by atoms with E-state index < -0.39 is 5.97 Å². The molecule has 0 fully saturated rings. The topological polar surface area (TPSA) is 95.7 Å². The number of nitrogens with two attached hydrogens (primary N) is 1. The molecular formula is C17H31NO5S. The first-order valence-electron chi connectivity index (χ1n) is 8.07. The lowest BCUT2D eigenvalue weighted by Crippen LogP contribution is -2.38. The van der Waals surface area contributed by atoms with Gasteiger partial charge in [0.25, 0.3) is 0 Å². The zero-order chi connectivity index (χ0) is 19.0. The number of amides is 1. The van der Waals surface area contributed by atoms with E-state index in [-0.39, 0.29) is 47.6 Å². The normalized spacial score (nSPS) is 13.2. The van der Waals surface area contributed by atoms with Crippen molar-refractivity contribution in [2.24, 2.45) is 17.1 Å². The molecule has 7 heteroatoms. The summed E-state index contributed by atoms with van der Waals surface area (Å²) in [6, 6.07) is 0. The van der Waals surface area contributed by atoms with E-state index in [1.165, 1.54) is 6.92 Å². The van der Waals surface area contributed by atoms with Crippen LogP contribution in [0.3, 0.4) is 0 Å². The highest BCUT2D eigenvalue weighted by Crippen LogP contribution is 2.38. The standard InChI is InChI=1S/C17H31NO5S/c1-12(19)22-8-9-23-14(20)7-10-24-17(5,6)11-13(15(18)21)16(2,3)4/h13H,7-11H2,1-6H3,(H2,18,21). The van der Waals surface area contributed by atoms with Gasteiger partial charge >= 0.3 is 11.9 Å². The number of primary amides is 1. The van der Waals surface area contributed by atoms with Crippen molar-refractivity contribution in [2.45, 2.75) is 59.1 Å². The second kappa shape index (κ2) is 9.91. The summed E-state index contributed by atoms with van der Waals surface area (Å²) in [5.74, 6) is -0.648. The molecule has 0 aromatic carbocycles. The Balaban J connectivity index is 4.21. The SMILES string of the molecule is CC(=O)OCCOC(=O)CCSC(C)(C)CC(C(N)=O)C(C)(C)C. The highest BCUT2D eigenvalue weighted by molar-refractivity contribution is 8.00. The fraction of sp³-hybridized carbons (Fsp3) is 0.824. The van der Waals surface area contributed by atoms with Gasteiger partial charge < -0.3 is 15.2 Å². The third-order valence-electron chi connectivity index (χ3n) is 3.54. The zero-order valence-electron chi connectivity index (χ0n) is 15.6. The van der Waals surface area contributed by atoms with Crippen molar-refractivity contribution < 1.29 is 23.9 Å². The lowest BCUT2D eigenvalue weighted by atomic mass is 9.75. The molecule has 0 aliphatic heterocycles. The van der Waals surface area contributed by atoms with Crippen LogP contribution in [0.5, 0.6) is 0 Å². The molecule has 1 atom stereocenters. The van der Waals surface area contributed by atoms with E-state index in [1.54, 1.807) is 11.8 Å². The molecule has 6 nitrogen and oxygen atoms in total. The van der Waals surface area contributed by atoms with Crippen molar-refractivity contribution in [1.82, 2.24) is 0 Å². The summed E-state index contributed by atoms with van der Waals surface area (Å²) < 4.78 is 9.49. The Labute approximate surface area is 149 Å². The van der Waals surface area contributed by atoms with E-state index >= 15 is 0 Å². The minimum absolute atomic E-state index is 0.0697. The number of thioether (sulfide) groups is 1. The van der Waals surface area contributed by atoms with Crippen LogP contribution in [0.1, 0.15) is 54.4 Å². The number of hydrogen-bond acceptors (Lipinski definition) is 6. The van der Waals surface area contributed by atoms with Gasteiger partial charge in [0.1, 0.15) is 13.2 Å². The summed E-state index contributed by atoms with van der Waals surface area (Å²) in [6.45, 7) is 11.6. The first-order chi connectivity index (χ1) is 10.8. The second-order valence-electron chi connectivity index (χ2n) is 7.44. The maximum atomic E-state index is 11.7. The lowest BCUT2D eigenvalue weighted by Gasteiger charge is -2.35. The van der Waals surface area contributed by atoms with E-state index in [0.29, 0.717) is 12.2 Å². The summed E-state index contributed by atoms with van der Waals surface area (Å²) in [6.07, 6.45) is 0.920. The number of esters is 2. The second-order valence-corrected chi connectivity index (χ2v) is 9.25. The Morgan fingerprint density at radius 3 is 2.04 bits per heavy atom. The summed E-state index contributed by atoms with van der Waals surface area (Å²) in [5.41, 5.74) is 5.34. The molecule has 0 saturated carbocycles. The molecule has 0 aromatic rings. The quantitative estimate of drug-likeness (QED) is 0.474. The van der Waals surface area contributed by atoms with E-state index in [2.05, 4.69) is 4.74 Å². The summed E-state index contributed by atoms with van der Waals surface area (Å²) in [7, 11) is 0. The van der Waals surface area contributed by atoms with Crippen LogP contribution in [0.2, 0.25) is 0 Å². The number of carbonyl (C=O) groups is 3. The molecule has 0 bridgehead atoms.